The molecule has 0 heterocycles. The van der Waals surface area contributed by atoms with Crippen molar-refractivity contribution < 1.29 is 28.7 Å². The number of nitro benzene ring substituents is 1. The Morgan fingerprint density at radius 3 is 2.34 bits per heavy atom. The van der Waals surface area contributed by atoms with Crippen molar-refractivity contribution in [1.82, 2.24) is 5.43 Å². The Bertz CT molecular complexity index is 1250. The number of carbonyl (C=O) groups is 2. The number of esters is 1. The normalized spacial score (nSPS) is 10.6. The van der Waals surface area contributed by atoms with Gasteiger partial charge in [0.2, 0.25) is 0 Å². The first-order chi connectivity index (χ1) is 16.8. The van der Waals surface area contributed by atoms with Crippen molar-refractivity contribution in [3.05, 3.63) is 93.0 Å². The van der Waals surface area contributed by atoms with Gasteiger partial charge in [-0.1, -0.05) is 18.2 Å². The number of nitrogens with zero attached hydrogens (tertiary/aromatic N) is 2. The first-order valence-corrected chi connectivity index (χ1v) is 10.4. The predicted octanol–water partition coefficient (Wildman–Crippen LogP) is 3.97. The Hall–Kier alpha value is -4.73. The molecule has 0 aliphatic carbocycles. The van der Waals surface area contributed by atoms with E-state index < -0.39 is 16.8 Å². The van der Waals surface area contributed by atoms with Crippen molar-refractivity contribution in [2.24, 2.45) is 5.10 Å². The molecule has 0 atom stereocenters. The van der Waals surface area contributed by atoms with E-state index in [0.717, 1.165) is 11.1 Å². The Balaban J connectivity index is 1.58. The summed E-state index contributed by atoms with van der Waals surface area (Å²) in [6.07, 6.45) is 1.40. The van der Waals surface area contributed by atoms with E-state index in [-0.39, 0.29) is 29.4 Å². The van der Waals surface area contributed by atoms with Gasteiger partial charge in [-0.05, 0) is 60.9 Å². The molecule has 0 unspecified atom stereocenters. The molecule has 1 amide bonds. The van der Waals surface area contributed by atoms with Crippen LogP contribution in [0.2, 0.25) is 0 Å². The van der Waals surface area contributed by atoms with Crippen molar-refractivity contribution >= 4 is 23.8 Å². The number of aryl methyl sites for hydroxylation is 2. The first-order valence-electron chi connectivity index (χ1n) is 10.4. The highest BCUT2D eigenvalue weighted by Gasteiger charge is 2.14. The molecule has 0 radical (unpaired) electrons. The molecular formula is C25H23N3O7. The van der Waals surface area contributed by atoms with Gasteiger partial charge in [0.25, 0.3) is 11.6 Å². The fourth-order valence-corrected chi connectivity index (χ4v) is 3.10. The number of amides is 1. The van der Waals surface area contributed by atoms with Crippen molar-refractivity contribution in [3.8, 4) is 17.2 Å². The maximum absolute atomic E-state index is 12.4. The Labute approximate surface area is 201 Å². The fraction of sp³-hybridized carbons (Fsp3) is 0.160. The average molecular weight is 477 g/mol. The van der Waals surface area contributed by atoms with Crippen LogP contribution < -0.4 is 19.6 Å². The number of nitro groups is 1. The van der Waals surface area contributed by atoms with E-state index in [0.29, 0.717) is 11.3 Å². The Kier molecular flexibility index (Phi) is 8.12. The second kappa shape index (κ2) is 11.4. The minimum Gasteiger partial charge on any atom is -0.493 e. The molecule has 0 aliphatic heterocycles. The molecule has 3 rings (SSSR count). The van der Waals surface area contributed by atoms with Gasteiger partial charge in [-0.15, -0.1) is 0 Å². The van der Waals surface area contributed by atoms with Crippen LogP contribution >= 0.6 is 0 Å². The van der Waals surface area contributed by atoms with E-state index in [9.17, 15) is 19.7 Å². The standard InChI is InChI=1S/C25H23N3O7/c1-16-5-4-6-17(2)24(16)34-15-23(29)27-26-14-18-7-12-21(22(13-18)33-3)35-25(30)19-8-10-20(11-9-19)28(31)32/h4-14H,15H2,1-3H3,(H,27,29)/b26-14+. The molecule has 1 N–H and O–H groups in total. The second-order valence-electron chi connectivity index (χ2n) is 7.41. The molecule has 180 valence electrons. The number of hydrogen-bond acceptors (Lipinski definition) is 8. The van der Waals surface area contributed by atoms with Crippen LogP contribution in [0.1, 0.15) is 27.0 Å². The summed E-state index contributed by atoms with van der Waals surface area (Å²) in [5, 5.41) is 14.7. The third-order valence-corrected chi connectivity index (χ3v) is 4.86. The molecule has 35 heavy (non-hydrogen) atoms. The van der Waals surface area contributed by atoms with Crippen LogP contribution in [0.15, 0.2) is 65.8 Å². The van der Waals surface area contributed by atoms with Crippen LogP contribution in [-0.2, 0) is 4.79 Å². The summed E-state index contributed by atoms with van der Waals surface area (Å²) in [5.74, 6) is -0.0524. The van der Waals surface area contributed by atoms with Gasteiger partial charge in [0.1, 0.15) is 5.75 Å². The number of benzene rings is 3. The molecule has 0 fully saturated rings. The number of hydrazone groups is 1. The summed E-state index contributed by atoms with van der Waals surface area (Å²) >= 11 is 0. The van der Waals surface area contributed by atoms with Crippen molar-refractivity contribution in [2.45, 2.75) is 13.8 Å². The van der Waals surface area contributed by atoms with Gasteiger partial charge in [0, 0.05) is 12.1 Å². The highest BCUT2D eigenvalue weighted by molar-refractivity contribution is 5.92. The Morgan fingerprint density at radius 1 is 1.03 bits per heavy atom. The van der Waals surface area contributed by atoms with Gasteiger partial charge in [-0.3, -0.25) is 14.9 Å². The van der Waals surface area contributed by atoms with Gasteiger partial charge in [-0.2, -0.15) is 5.10 Å². The molecule has 3 aromatic carbocycles. The summed E-state index contributed by atoms with van der Waals surface area (Å²) < 4.78 is 16.2. The number of carbonyl (C=O) groups excluding carboxylic acids is 2. The zero-order chi connectivity index (χ0) is 25.4. The van der Waals surface area contributed by atoms with E-state index in [1.807, 2.05) is 32.0 Å². The third-order valence-electron chi connectivity index (χ3n) is 4.86. The highest BCUT2D eigenvalue weighted by atomic mass is 16.6. The predicted molar refractivity (Wildman–Crippen MR) is 128 cm³/mol. The highest BCUT2D eigenvalue weighted by Crippen LogP contribution is 2.28. The number of ether oxygens (including phenoxy) is 3. The lowest BCUT2D eigenvalue weighted by Crippen LogP contribution is -2.25. The van der Waals surface area contributed by atoms with Crippen molar-refractivity contribution in [2.75, 3.05) is 13.7 Å². The van der Waals surface area contributed by atoms with Crippen LogP contribution in [0.3, 0.4) is 0 Å². The summed E-state index contributed by atoms with van der Waals surface area (Å²) in [6, 6.07) is 15.5. The Morgan fingerprint density at radius 2 is 1.71 bits per heavy atom. The van der Waals surface area contributed by atoms with Crippen LogP contribution in [-0.4, -0.2) is 36.7 Å². The number of methoxy groups -OCH3 is 1. The molecule has 0 aromatic heterocycles. The smallest absolute Gasteiger partial charge is 0.343 e. The molecule has 10 heteroatoms. The van der Waals surface area contributed by atoms with Gasteiger partial charge < -0.3 is 14.2 Å². The number of nitrogens with one attached hydrogen (secondary N) is 1. The molecule has 0 aliphatic rings. The van der Waals surface area contributed by atoms with Gasteiger partial charge in [0.05, 0.1) is 23.8 Å². The quantitative estimate of drug-likeness (QED) is 0.162. The van der Waals surface area contributed by atoms with E-state index in [2.05, 4.69) is 10.5 Å². The van der Waals surface area contributed by atoms with Gasteiger partial charge in [-0.25, -0.2) is 10.2 Å². The maximum Gasteiger partial charge on any atom is 0.343 e. The fourth-order valence-electron chi connectivity index (χ4n) is 3.10. The van der Waals surface area contributed by atoms with Crippen LogP contribution in [0, 0.1) is 24.0 Å². The first kappa shape index (κ1) is 24.9. The lowest BCUT2D eigenvalue weighted by Gasteiger charge is -2.11. The molecular weight excluding hydrogens is 454 g/mol. The molecule has 3 aromatic rings. The van der Waals surface area contributed by atoms with E-state index in [1.54, 1.807) is 12.1 Å². The van der Waals surface area contributed by atoms with Crippen molar-refractivity contribution in [3.63, 3.8) is 0 Å². The van der Waals surface area contributed by atoms with Crippen LogP contribution in [0.25, 0.3) is 0 Å². The summed E-state index contributed by atoms with van der Waals surface area (Å²) in [7, 11) is 1.41. The number of hydrogen-bond donors (Lipinski definition) is 1. The number of para-hydroxylation sites is 1. The molecule has 0 spiro atoms. The minimum absolute atomic E-state index is 0.133. The topological polar surface area (TPSA) is 129 Å². The maximum atomic E-state index is 12.4. The molecule has 10 nitrogen and oxygen atoms in total. The second-order valence-corrected chi connectivity index (χ2v) is 7.41. The molecule has 0 saturated heterocycles. The number of rotatable bonds is 9. The van der Waals surface area contributed by atoms with Crippen LogP contribution in [0.4, 0.5) is 5.69 Å². The average Bonchev–Trinajstić information content (AvgIpc) is 2.84. The monoisotopic (exact) mass is 477 g/mol. The lowest BCUT2D eigenvalue weighted by atomic mass is 10.1. The zero-order valence-electron chi connectivity index (χ0n) is 19.3. The summed E-state index contributed by atoms with van der Waals surface area (Å²) in [6.45, 7) is 3.61. The van der Waals surface area contributed by atoms with Gasteiger partial charge >= 0.3 is 5.97 Å². The third kappa shape index (κ3) is 6.64. The lowest BCUT2D eigenvalue weighted by molar-refractivity contribution is -0.384. The van der Waals surface area contributed by atoms with E-state index in [4.69, 9.17) is 14.2 Å². The molecule has 0 saturated carbocycles. The molecule has 0 bridgehead atoms. The van der Waals surface area contributed by atoms with Gasteiger partial charge in [0.15, 0.2) is 18.1 Å². The number of non-ortho nitro benzene ring substituents is 1. The zero-order valence-corrected chi connectivity index (χ0v) is 19.3. The minimum atomic E-state index is -0.698. The van der Waals surface area contributed by atoms with Crippen LogP contribution in [0.5, 0.6) is 17.2 Å². The largest absolute Gasteiger partial charge is 0.493 e. The summed E-state index contributed by atoms with van der Waals surface area (Å²) in [4.78, 5) is 34.6. The summed E-state index contributed by atoms with van der Waals surface area (Å²) in [5.41, 5.74) is 4.85. The SMILES string of the molecule is COc1cc(/C=N/NC(=O)COc2c(C)cccc2C)ccc1OC(=O)c1ccc([N+](=O)[O-])cc1. The van der Waals surface area contributed by atoms with E-state index >= 15 is 0 Å². The van der Waals surface area contributed by atoms with E-state index in [1.165, 1.54) is 43.7 Å². The van der Waals surface area contributed by atoms with Crippen molar-refractivity contribution in [1.29, 1.82) is 0 Å².